The third-order valence-electron chi connectivity index (χ3n) is 2.27. The van der Waals surface area contributed by atoms with Crippen molar-refractivity contribution in [2.75, 3.05) is 5.43 Å². The maximum Gasteiger partial charge on any atom is 0.171 e. The lowest BCUT2D eigenvalue weighted by atomic mass is 10.2. The van der Waals surface area contributed by atoms with E-state index >= 15 is 0 Å². The normalized spacial score (nSPS) is 10.3. The fraction of sp³-hybridized carbons (Fsp3) is 0.200. The molecule has 0 aliphatic heterocycles. The predicted octanol–water partition coefficient (Wildman–Crippen LogP) is 2.11. The predicted molar refractivity (Wildman–Crippen MR) is 62.6 cm³/mol. The molecule has 5 heteroatoms. The van der Waals surface area contributed by atoms with Gasteiger partial charge >= 0.3 is 0 Å². The number of nitrogens with one attached hydrogen (secondary N) is 1. The molecule has 0 fully saturated rings. The summed E-state index contributed by atoms with van der Waals surface area (Å²) in [7, 11) is 0. The van der Waals surface area contributed by atoms with E-state index in [1.807, 2.05) is 31.4 Å². The Morgan fingerprint density at radius 3 is 2.73 bits per heavy atom. The molecule has 0 saturated carbocycles. The van der Waals surface area contributed by atoms with Crippen LogP contribution >= 0.6 is 11.3 Å². The molecule has 78 valence electrons. The van der Waals surface area contributed by atoms with Crippen molar-refractivity contribution in [3.8, 4) is 10.7 Å². The zero-order valence-corrected chi connectivity index (χ0v) is 9.43. The van der Waals surface area contributed by atoms with Gasteiger partial charge in [-0.15, -0.1) is 11.3 Å². The van der Waals surface area contributed by atoms with Crippen molar-refractivity contribution in [2.24, 2.45) is 5.84 Å². The first-order valence-electron chi connectivity index (χ1n) is 4.58. The third kappa shape index (κ3) is 1.84. The summed E-state index contributed by atoms with van der Waals surface area (Å²) in [6.07, 6.45) is 0. The van der Waals surface area contributed by atoms with Gasteiger partial charge in [0.05, 0.1) is 4.88 Å². The monoisotopic (exact) mass is 220 g/mol. The summed E-state index contributed by atoms with van der Waals surface area (Å²) < 4.78 is 0. The van der Waals surface area contributed by atoms with E-state index in [1.165, 1.54) is 0 Å². The van der Waals surface area contributed by atoms with E-state index in [2.05, 4.69) is 15.4 Å². The quantitative estimate of drug-likeness (QED) is 0.601. The Morgan fingerprint density at radius 1 is 1.33 bits per heavy atom. The van der Waals surface area contributed by atoms with Crippen LogP contribution in [0.2, 0.25) is 0 Å². The lowest BCUT2D eigenvalue weighted by Crippen LogP contribution is -2.12. The molecule has 0 aromatic carbocycles. The molecule has 0 bridgehead atoms. The van der Waals surface area contributed by atoms with E-state index in [1.54, 1.807) is 11.3 Å². The Kier molecular flexibility index (Phi) is 2.66. The second kappa shape index (κ2) is 3.96. The van der Waals surface area contributed by atoms with Crippen molar-refractivity contribution in [1.82, 2.24) is 9.97 Å². The van der Waals surface area contributed by atoms with Crippen molar-refractivity contribution < 1.29 is 0 Å². The molecule has 0 aliphatic carbocycles. The molecule has 0 unspecified atom stereocenters. The van der Waals surface area contributed by atoms with Crippen molar-refractivity contribution >= 4 is 17.2 Å². The average molecular weight is 220 g/mol. The van der Waals surface area contributed by atoms with Crippen LogP contribution in [0, 0.1) is 13.8 Å². The van der Waals surface area contributed by atoms with Crippen molar-refractivity contribution in [3.05, 3.63) is 28.8 Å². The molecule has 3 N–H and O–H groups in total. The van der Waals surface area contributed by atoms with Crippen molar-refractivity contribution in [2.45, 2.75) is 13.8 Å². The van der Waals surface area contributed by atoms with Gasteiger partial charge in [0.25, 0.3) is 0 Å². The number of hydrogen-bond acceptors (Lipinski definition) is 5. The van der Waals surface area contributed by atoms with Gasteiger partial charge in [0.15, 0.2) is 5.82 Å². The van der Waals surface area contributed by atoms with Gasteiger partial charge in [-0.1, -0.05) is 6.07 Å². The Morgan fingerprint density at radius 2 is 2.13 bits per heavy atom. The van der Waals surface area contributed by atoms with Crippen LogP contribution in [-0.4, -0.2) is 9.97 Å². The molecular formula is C10H12N4S. The van der Waals surface area contributed by atoms with Gasteiger partial charge in [-0.2, -0.15) is 0 Å². The van der Waals surface area contributed by atoms with Gasteiger partial charge in [-0.05, 0) is 25.3 Å². The lowest BCUT2D eigenvalue weighted by molar-refractivity contribution is 1.06. The van der Waals surface area contributed by atoms with Gasteiger partial charge < -0.3 is 5.43 Å². The van der Waals surface area contributed by atoms with E-state index in [4.69, 9.17) is 5.84 Å². The van der Waals surface area contributed by atoms with E-state index in [-0.39, 0.29) is 0 Å². The maximum atomic E-state index is 5.40. The minimum Gasteiger partial charge on any atom is -0.308 e. The van der Waals surface area contributed by atoms with Gasteiger partial charge in [-0.25, -0.2) is 15.8 Å². The highest BCUT2D eigenvalue weighted by Crippen LogP contribution is 2.24. The number of nitrogens with zero attached hydrogens (tertiary/aromatic N) is 2. The second-order valence-corrected chi connectivity index (χ2v) is 4.18. The number of aryl methyl sites for hydroxylation is 1. The first-order valence-corrected chi connectivity index (χ1v) is 5.46. The third-order valence-corrected chi connectivity index (χ3v) is 3.13. The highest BCUT2D eigenvalue weighted by molar-refractivity contribution is 7.13. The summed E-state index contributed by atoms with van der Waals surface area (Å²) in [5.74, 6) is 6.81. The van der Waals surface area contributed by atoms with Crippen LogP contribution in [0.4, 0.5) is 5.82 Å². The minimum atomic E-state index is 0.686. The Balaban J connectivity index is 2.55. The van der Waals surface area contributed by atoms with Crippen LogP contribution in [0.3, 0.4) is 0 Å². The molecule has 2 rings (SSSR count). The van der Waals surface area contributed by atoms with Gasteiger partial charge in [0, 0.05) is 11.3 Å². The number of aromatic nitrogens is 2. The Bertz CT molecular complexity index is 465. The highest BCUT2D eigenvalue weighted by Gasteiger charge is 2.08. The molecule has 2 heterocycles. The number of anilines is 1. The lowest BCUT2D eigenvalue weighted by Gasteiger charge is -2.08. The number of rotatable bonds is 2. The first kappa shape index (κ1) is 10.1. The number of hydrogen-bond donors (Lipinski definition) is 2. The second-order valence-electron chi connectivity index (χ2n) is 3.23. The van der Waals surface area contributed by atoms with E-state index in [0.717, 1.165) is 22.0 Å². The molecule has 0 radical (unpaired) electrons. The molecule has 2 aromatic heterocycles. The molecule has 0 atom stereocenters. The van der Waals surface area contributed by atoms with Crippen molar-refractivity contribution in [3.63, 3.8) is 0 Å². The summed E-state index contributed by atoms with van der Waals surface area (Å²) in [6.45, 7) is 3.90. The average Bonchev–Trinajstić information content (AvgIpc) is 2.75. The fourth-order valence-electron chi connectivity index (χ4n) is 1.29. The number of thiophene rings is 1. The van der Waals surface area contributed by atoms with Crippen LogP contribution in [0.1, 0.15) is 11.3 Å². The molecule has 0 amide bonds. The molecule has 0 aliphatic rings. The SMILES string of the molecule is Cc1nc(-c2cccs2)nc(NN)c1C. The van der Waals surface area contributed by atoms with Gasteiger partial charge in [0.1, 0.15) is 5.82 Å². The number of nitrogen functional groups attached to an aromatic ring is 1. The summed E-state index contributed by atoms with van der Waals surface area (Å²) in [6, 6.07) is 3.98. The van der Waals surface area contributed by atoms with E-state index < -0.39 is 0 Å². The van der Waals surface area contributed by atoms with Crippen LogP contribution < -0.4 is 11.3 Å². The zero-order valence-electron chi connectivity index (χ0n) is 8.61. The van der Waals surface area contributed by atoms with Crippen LogP contribution in [0.5, 0.6) is 0 Å². The topological polar surface area (TPSA) is 63.8 Å². The fourth-order valence-corrected chi connectivity index (χ4v) is 1.94. The summed E-state index contributed by atoms with van der Waals surface area (Å²) >= 11 is 1.62. The van der Waals surface area contributed by atoms with Gasteiger partial charge in [0.2, 0.25) is 0 Å². The van der Waals surface area contributed by atoms with E-state index in [0.29, 0.717) is 5.82 Å². The zero-order chi connectivity index (χ0) is 10.8. The van der Waals surface area contributed by atoms with Gasteiger partial charge in [-0.3, -0.25) is 0 Å². The van der Waals surface area contributed by atoms with E-state index in [9.17, 15) is 0 Å². The number of hydrazine groups is 1. The van der Waals surface area contributed by atoms with Crippen molar-refractivity contribution in [1.29, 1.82) is 0 Å². The number of nitrogens with two attached hydrogens (primary N) is 1. The molecule has 2 aromatic rings. The Hall–Kier alpha value is -1.46. The highest BCUT2D eigenvalue weighted by atomic mass is 32.1. The summed E-state index contributed by atoms with van der Waals surface area (Å²) in [5.41, 5.74) is 4.52. The minimum absolute atomic E-state index is 0.686. The first-order chi connectivity index (χ1) is 7.22. The molecule has 0 spiro atoms. The smallest absolute Gasteiger partial charge is 0.171 e. The largest absolute Gasteiger partial charge is 0.308 e. The summed E-state index contributed by atoms with van der Waals surface area (Å²) in [5, 5.41) is 2.00. The van der Waals surface area contributed by atoms with Crippen LogP contribution in [-0.2, 0) is 0 Å². The molecular weight excluding hydrogens is 208 g/mol. The van der Waals surface area contributed by atoms with Crippen LogP contribution in [0.15, 0.2) is 17.5 Å². The molecule has 4 nitrogen and oxygen atoms in total. The van der Waals surface area contributed by atoms with Crippen LogP contribution in [0.25, 0.3) is 10.7 Å². The molecule has 15 heavy (non-hydrogen) atoms. The summed E-state index contributed by atoms with van der Waals surface area (Å²) in [4.78, 5) is 9.84. The maximum absolute atomic E-state index is 5.40. The standard InChI is InChI=1S/C10H12N4S/c1-6-7(2)12-10(13-9(6)14-11)8-4-3-5-15-8/h3-5H,11H2,1-2H3,(H,12,13,14). The Labute approximate surface area is 92.2 Å². The molecule has 0 saturated heterocycles.